The summed E-state index contributed by atoms with van der Waals surface area (Å²) in [5.74, 6) is -0.469. The molecule has 2 atom stereocenters. The Morgan fingerprint density at radius 3 is 2.81 bits per heavy atom. The minimum atomic E-state index is -4.57. The molecular weight excluding hydrogens is 285 g/mol. The van der Waals surface area contributed by atoms with Crippen LogP contribution in [0, 0.1) is 5.92 Å². The first-order valence-electron chi connectivity index (χ1n) is 6.86. The Balaban J connectivity index is 2.03. The summed E-state index contributed by atoms with van der Waals surface area (Å²) in [6.07, 6.45) is -1.37. The van der Waals surface area contributed by atoms with Gasteiger partial charge in [-0.2, -0.15) is 13.2 Å². The molecule has 0 bridgehead atoms. The number of aliphatic hydroxyl groups is 1. The Kier molecular flexibility index (Phi) is 4.82. The number of carbonyl (C=O) groups is 1. The molecule has 0 spiro atoms. The maximum Gasteiger partial charge on any atom is 0.433 e. The SMILES string of the molecule is O=C(NC1CCCC(CO)C1)c1cccc(C(F)(F)F)n1. The van der Waals surface area contributed by atoms with Gasteiger partial charge in [-0.15, -0.1) is 0 Å². The third-order valence-corrected chi connectivity index (χ3v) is 3.65. The van der Waals surface area contributed by atoms with Gasteiger partial charge in [0.2, 0.25) is 0 Å². The summed E-state index contributed by atoms with van der Waals surface area (Å²) in [5.41, 5.74) is -1.32. The quantitative estimate of drug-likeness (QED) is 0.901. The molecule has 0 radical (unpaired) electrons. The zero-order chi connectivity index (χ0) is 15.5. The molecule has 4 nitrogen and oxygen atoms in total. The van der Waals surface area contributed by atoms with Gasteiger partial charge in [-0.3, -0.25) is 4.79 Å². The Morgan fingerprint density at radius 1 is 1.38 bits per heavy atom. The monoisotopic (exact) mass is 302 g/mol. The highest BCUT2D eigenvalue weighted by Crippen LogP contribution is 2.27. The zero-order valence-electron chi connectivity index (χ0n) is 11.4. The second-order valence-corrected chi connectivity index (χ2v) is 5.29. The van der Waals surface area contributed by atoms with E-state index in [1.54, 1.807) is 0 Å². The Morgan fingerprint density at radius 2 is 2.14 bits per heavy atom. The first kappa shape index (κ1) is 15.8. The van der Waals surface area contributed by atoms with Crippen molar-refractivity contribution in [2.45, 2.75) is 37.9 Å². The molecule has 1 saturated carbocycles. The van der Waals surface area contributed by atoms with Crippen molar-refractivity contribution in [3.63, 3.8) is 0 Å². The molecular formula is C14H17F3N2O2. The van der Waals surface area contributed by atoms with Crippen LogP contribution < -0.4 is 5.32 Å². The van der Waals surface area contributed by atoms with Gasteiger partial charge in [-0.25, -0.2) is 4.98 Å². The summed E-state index contributed by atoms with van der Waals surface area (Å²) >= 11 is 0. The van der Waals surface area contributed by atoms with Crippen LogP contribution in [0.2, 0.25) is 0 Å². The van der Waals surface area contributed by atoms with E-state index in [1.165, 1.54) is 12.1 Å². The third-order valence-electron chi connectivity index (χ3n) is 3.65. The molecule has 116 valence electrons. The second-order valence-electron chi connectivity index (χ2n) is 5.29. The highest BCUT2D eigenvalue weighted by Gasteiger charge is 2.33. The van der Waals surface area contributed by atoms with E-state index < -0.39 is 17.8 Å². The van der Waals surface area contributed by atoms with Crippen molar-refractivity contribution >= 4 is 5.91 Å². The number of hydrogen-bond acceptors (Lipinski definition) is 3. The molecule has 0 aromatic carbocycles. The van der Waals surface area contributed by atoms with Gasteiger partial charge < -0.3 is 10.4 Å². The van der Waals surface area contributed by atoms with Crippen LogP contribution >= 0.6 is 0 Å². The van der Waals surface area contributed by atoms with E-state index in [9.17, 15) is 18.0 Å². The predicted octanol–water partition coefficient (Wildman–Crippen LogP) is 2.38. The van der Waals surface area contributed by atoms with Crippen LogP contribution in [0.1, 0.15) is 41.9 Å². The van der Waals surface area contributed by atoms with Gasteiger partial charge in [0.05, 0.1) is 0 Å². The van der Waals surface area contributed by atoms with Gasteiger partial charge in [0.15, 0.2) is 0 Å². The lowest BCUT2D eigenvalue weighted by Crippen LogP contribution is -2.39. The number of rotatable bonds is 3. The Bertz CT molecular complexity index is 505. The van der Waals surface area contributed by atoms with Crippen molar-refractivity contribution in [2.24, 2.45) is 5.92 Å². The van der Waals surface area contributed by atoms with Crippen molar-refractivity contribution in [2.75, 3.05) is 6.61 Å². The first-order valence-corrected chi connectivity index (χ1v) is 6.86. The standard InChI is InChI=1S/C14H17F3N2O2/c15-14(16,17)12-6-2-5-11(19-12)13(21)18-10-4-1-3-9(7-10)8-20/h2,5-6,9-10,20H,1,3-4,7-8H2,(H,18,21). The van der Waals surface area contributed by atoms with E-state index in [2.05, 4.69) is 10.3 Å². The molecule has 0 aliphatic heterocycles. The smallest absolute Gasteiger partial charge is 0.396 e. The minimum absolute atomic E-state index is 0.0637. The van der Waals surface area contributed by atoms with Crippen molar-refractivity contribution in [1.82, 2.24) is 10.3 Å². The predicted molar refractivity (Wildman–Crippen MR) is 69.5 cm³/mol. The van der Waals surface area contributed by atoms with Crippen LogP contribution in [0.4, 0.5) is 13.2 Å². The van der Waals surface area contributed by atoms with Crippen molar-refractivity contribution in [1.29, 1.82) is 0 Å². The van der Waals surface area contributed by atoms with Crippen LogP contribution in [0.15, 0.2) is 18.2 Å². The van der Waals surface area contributed by atoms with Crippen molar-refractivity contribution in [3.05, 3.63) is 29.6 Å². The number of alkyl halides is 3. The average molecular weight is 302 g/mol. The molecule has 1 aromatic rings. The summed E-state index contributed by atoms with van der Waals surface area (Å²) in [6.45, 7) is 0.0637. The summed E-state index contributed by atoms with van der Waals surface area (Å²) < 4.78 is 37.7. The van der Waals surface area contributed by atoms with E-state index in [0.29, 0.717) is 6.42 Å². The third kappa shape index (κ3) is 4.17. The number of amides is 1. The summed E-state index contributed by atoms with van der Waals surface area (Å²) in [6, 6.07) is 3.14. The Labute approximate surface area is 120 Å². The number of pyridine rings is 1. The number of nitrogens with zero attached hydrogens (tertiary/aromatic N) is 1. The largest absolute Gasteiger partial charge is 0.433 e. The molecule has 1 amide bonds. The normalized spacial score (nSPS) is 22.9. The molecule has 1 fully saturated rings. The number of aromatic nitrogens is 1. The highest BCUT2D eigenvalue weighted by atomic mass is 19.4. The number of carbonyl (C=O) groups excluding carboxylic acids is 1. The minimum Gasteiger partial charge on any atom is -0.396 e. The van der Waals surface area contributed by atoms with E-state index in [4.69, 9.17) is 5.11 Å². The Hall–Kier alpha value is -1.63. The summed E-state index contributed by atoms with van der Waals surface area (Å²) in [7, 11) is 0. The van der Waals surface area contributed by atoms with Gasteiger partial charge in [0.1, 0.15) is 11.4 Å². The van der Waals surface area contributed by atoms with Crippen LogP contribution in [0.3, 0.4) is 0 Å². The van der Waals surface area contributed by atoms with Crippen molar-refractivity contribution < 1.29 is 23.1 Å². The molecule has 2 N–H and O–H groups in total. The molecule has 2 unspecified atom stereocenters. The fraction of sp³-hybridized carbons (Fsp3) is 0.571. The second kappa shape index (κ2) is 6.43. The maximum atomic E-state index is 12.6. The number of nitrogens with one attached hydrogen (secondary N) is 1. The van der Waals surface area contributed by atoms with E-state index in [0.717, 1.165) is 25.3 Å². The number of halogens is 3. The van der Waals surface area contributed by atoms with Gasteiger partial charge in [-0.1, -0.05) is 12.5 Å². The summed E-state index contributed by atoms with van der Waals surface area (Å²) in [4.78, 5) is 15.3. The topological polar surface area (TPSA) is 62.2 Å². The van der Waals surface area contributed by atoms with E-state index in [-0.39, 0.29) is 24.3 Å². The maximum absolute atomic E-state index is 12.6. The fourth-order valence-electron chi connectivity index (χ4n) is 2.57. The van der Waals surface area contributed by atoms with Crippen LogP contribution in [-0.4, -0.2) is 28.6 Å². The zero-order valence-corrected chi connectivity index (χ0v) is 11.4. The van der Waals surface area contributed by atoms with Crippen LogP contribution in [0.5, 0.6) is 0 Å². The van der Waals surface area contributed by atoms with Crippen LogP contribution in [0.25, 0.3) is 0 Å². The van der Waals surface area contributed by atoms with Gasteiger partial charge in [0, 0.05) is 12.6 Å². The van der Waals surface area contributed by atoms with Gasteiger partial charge >= 0.3 is 6.18 Å². The molecule has 0 saturated heterocycles. The highest BCUT2D eigenvalue weighted by molar-refractivity contribution is 5.92. The van der Waals surface area contributed by atoms with Gasteiger partial charge in [-0.05, 0) is 37.3 Å². The van der Waals surface area contributed by atoms with E-state index >= 15 is 0 Å². The fourth-order valence-corrected chi connectivity index (χ4v) is 2.57. The van der Waals surface area contributed by atoms with E-state index in [1.807, 2.05) is 0 Å². The van der Waals surface area contributed by atoms with Crippen LogP contribution in [-0.2, 0) is 6.18 Å². The molecule has 1 aliphatic carbocycles. The summed E-state index contributed by atoms with van der Waals surface area (Å²) in [5, 5.41) is 11.8. The van der Waals surface area contributed by atoms with Gasteiger partial charge in [0.25, 0.3) is 5.91 Å². The number of hydrogen-bond donors (Lipinski definition) is 2. The molecule has 1 aliphatic rings. The molecule has 2 rings (SSSR count). The van der Waals surface area contributed by atoms with Crippen molar-refractivity contribution in [3.8, 4) is 0 Å². The lowest BCUT2D eigenvalue weighted by molar-refractivity contribution is -0.141. The number of aliphatic hydroxyl groups excluding tert-OH is 1. The first-order chi connectivity index (χ1) is 9.90. The molecule has 1 heterocycles. The lowest BCUT2D eigenvalue weighted by atomic mass is 9.86. The molecule has 7 heteroatoms. The lowest BCUT2D eigenvalue weighted by Gasteiger charge is -2.28. The average Bonchev–Trinajstić information content (AvgIpc) is 2.46. The molecule has 21 heavy (non-hydrogen) atoms. The molecule has 1 aromatic heterocycles.